The number of rotatable bonds is 4. The number of piperidine rings is 2. The molecule has 4 heteroatoms. The first-order chi connectivity index (χ1) is 13.8. The largest absolute Gasteiger partial charge is 0.345 e. The van der Waals surface area contributed by atoms with Crippen molar-refractivity contribution in [2.24, 2.45) is 22.7 Å². The molecule has 6 rings (SSSR count). The molecule has 156 valence electrons. The number of hydrogen-bond acceptors (Lipinski definition) is 3. The summed E-state index contributed by atoms with van der Waals surface area (Å²) in [4.78, 5) is 19.1. The highest BCUT2D eigenvalue weighted by Gasteiger charge is 2.67. The van der Waals surface area contributed by atoms with E-state index in [0.717, 1.165) is 32.7 Å². The average molecular weight is 394 g/mol. The predicted molar refractivity (Wildman–Crippen MR) is 118 cm³/mol. The number of carbonyl (C=O) groups is 1. The number of benzene rings is 1. The van der Waals surface area contributed by atoms with E-state index >= 15 is 0 Å². The summed E-state index contributed by atoms with van der Waals surface area (Å²) in [6.45, 7) is 18.2. The third-order valence-electron chi connectivity index (χ3n) is 8.60. The molecular weight excluding hydrogens is 358 g/mol. The second-order valence-corrected chi connectivity index (χ2v) is 10.4. The maximum absolute atomic E-state index is 13.8. The molecule has 4 aliphatic heterocycles. The van der Waals surface area contributed by atoms with Crippen molar-refractivity contribution >= 4 is 16.7 Å². The molecule has 0 aliphatic carbocycles. The molecule has 0 N–H and O–H groups in total. The van der Waals surface area contributed by atoms with Crippen LogP contribution in [0.15, 0.2) is 24.3 Å². The van der Waals surface area contributed by atoms with E-state index in [1.54, 1.807) is 0 Å². The number of ketones is 1. The fraction of sp³-hybridized carbons (Fsp3) is 0.640. The number of hydrogen-bond donors (Lipinski definition) is 0. The van der Waals surface area contributed by atoms with E-state index in [2.05, 4.69) is 80.2 Å². The van der Waals surface area contributed by atoms with Crippen LogP contribution in [0.3, 0.4) is 0 Å². The Morgan fingerprint density at radius 1 is 0.966 bits per heavy atom. The van der Waals surface area contributed by atoms with E-state index in [0.29, 0.717) is 23.8 Å². The zero-order chi connectivity index (χ0) is 20.7. The number of nitrogens with zero attached hydrogens (tertiary/aromatic N) is 3. The van der Waals surface area contributed by atoms with Crippen LogP contribution in [0.2, 0.25) is 0 Å². The van der Waals surface area contributed by atoms with Crippen molar-refractivity contribution in [2.45, 2.75) is 54.3 Å². The predicted octanol–water partition coefficient (Wildman–Crippen LogP) is 4.47. The second kappa shape index (κ2) is 6.18. The Labute approximate surface area is 174 Å². The maximum Gasteiger partial charge on any atom is 0.150 e. The van der Waals surface area contributed by atoms with Crippen molar-refractivity contribution in [1.29, 1.82) is 0 Å². The molecule has 0 saturated carbocycles. The average Bonchev–Trinajstić information content (AvgIpc) is 2.95. The van der Waals surface area contributed by atoms with Crippen LogP contribution >= 0.6 is 0 Å². The Kier molecular flexibility index (Phi) is 4.12. The summed E-state index contributed by atoms with van der Waals surface area (Å²) >= 11 is 0. The lowest BCUT2D eigenvalue weighted by molar-refractivity contribution is -0.217. The molecule has 4 aliphatic rings. The summed E-state index contributed by atoms with van der Waals surface area (Å²) in [5, 5.41) is 1.38. The minimum absolute atomic E-state index is 0.214. The second-order valence-electron chi connectivity index (χ2n) is 10.4. The highest BCUT2D eigenvalue weighted by Crippen LogP contribution is 2.58. The van der Waals surface area contributed by atoms with Gasteiger partial charge >= 0.3 is 0 Å². The number of fused-ring (bicyclic) bond motifs is 1. The fourth-order valence-corrected chi connectivity index (χ4v) is 6.83. The van der Waals surface area contributed by atoms with E-state index in [4.69, 9.17) is 0 Å². The summed E-state index contributed by atoms with van der Waals surface area (Å²) in [5.74, 6) is 1.30. The van der Waals surface area contributed by atoms with Gasteiger partial charge in [-0.25, -0.2) is 0 Å². The standard InChI is InChI=1S/C25H35N3O/c1-7-28-18(6)21(19-10-8-9-11-20(19)28)22-26-12-24(16(2)3)13-27(22)15-25(14-26,17(4)5)23(24)29/h8-11,16-17,22H,7,12-15H2,1-6H3. The topological polar surface area (TPSA) is 28.5 Å². The molecule has 0 atom stereocenters. The molecule has 4 nitrogen and oxygen atoms in total. The van der Waals surface area contributed by atoms with Crippen molar-refractivity contribution in [3.8, 4) is 0 Å². The van der Waals surface area contributed by atoms with E-state index in [-0.39, 0.29) is 10.8 Å². The van der Waals surface area contributed by atoms with E-state index < -0.39 is 0 Å². The van der Waals surface area contributed by atoms with Gasteiger partial charge in [0.2, 0.25) is 0 Å². The highest BCUT2D eigenvalue weighted by molar-refractivity contribution is 5.94. The molecule has 4 bridgehead atoms. The van der Waals surface area contributed by atoms with Crippen molar-refractivity contribution < 1.29 is 4.79 Å². The Balaban J connectivity index is 1.68. The molecule has 4 saturated heterocycles. The highest BCUT2D eigenvalue weighted by atomic mass is 16.1. The van der Waals surface area contributed by atoms with E-state index in [1.165, 1.54) is 22.2 Å². The van der Waals surface area contributed by atoms with Gasteiger partial charge in [-0.2, -0.15) is 0 Å². The van der Waals surface area contributed by atoms with E-state index in [1.807, 2.05) is 0 Å². The monoisotopic (exact) mass is 393 g/mol. The van der Waals surface area contributed by atoms with Crippen molar-refractivity contribution in [3.05, 3.63) is 35.5 Å². The first-order valence-electron chi connectivity index (χ1n) is 11.4. The SMILES string of the molecule is CCn1c(C)c(C2N3CC4(C(C)C)CN2CC(C(C)C)(C3)C4=O)c2ccccc21. The van der Waals surface area contributed by atoms with Crippen LogP contribution in [0.5, 0.6) is 0 Å². The maximum atomic E-state index is 13.8. The van der Waals surface area contributed by atoms with Gasteiger partial charge in [-0.05, 0) is 31.7 Å². The molecule has 1 aromatic heterocycles. The molecule has 0 radical (unpaired) electrons. The molecule has 0 spiro atoms. The first-order valence-corrected chi connectivity index (χ1v) is 11.4. The van der Waals surface area contributed by atoms with Gasteiger partial charge in [-0.1, -0.05) is 45.9 Å². The van der Waals surface area contributed by atoms with Gasteiger partial charge in [0, 0.05) is 54.9 Å². The summed E-state index contributed by atoms with van der Waals surface area (Å²) < 4.78 is 2.46. The number of Topliss-reactive ketones (excluding diaryl/α,β-unsaturated/α-hetero) is 1. The molecule has 4 fully saturated rings. The Hall–Kier alpha value is -1.65. The van der Waals surface area contributed by atoms with Crippen LogP contribution in [0.1, 0.15) is 52.0 Å². The normalized spacial score (nSPS) is 36.1. The van der Waals surface area contributed by atoms with Gasteiger partial charge < -0.3 is 4.57 Å². The minimum Gasteiger partial charge on any atom is -0.345 e. The van der Waals surface area contributed by atoms with Gasteiger partial charge in [-0.3, -0.25) is 14.6 Å². The Bertz CT molecular complexity index is 939. The molecule has 2 aromatic rings. The summed E-state index contributed by atoms with van der Waals surface area (Å²) in [6, 6.07) is 8.86. The van der Waals surface area contributed by atoms with Gasteiger partial charge in [-0.15, -0.1) is 0 Å². The third-order valence-corrected chi connectivity index (χ3v) is 8.60. The van der Waals surface area contributed by atoms with Crippen molar-refractivity contribution in [2.75, 3.05) is 26.2 Å². The van der Waals surface area contributed by atoms with Gasteiger partial charge in [0.05, 0.1) is 17.0 Å². The Morgan fingerprint density at radius 2 is 1.48 bits per heavy atom. The number of para-hydroxylation sites is 1. The molecule has 0 unspecified atom stereocenters. The van der Waals surface area contributed by atoms with E-state index in [9.17, 15) is 4.79 Å². The van der Waals surface area contributed by atoms with Crippen LogP contribution < -0.4 is 0 Å². The lowest BCUT2D eigenvalue weighted by atomic mass is 9.53. The minimum atomic E-state index is -0.214. The van der Waals surface area contributed by atoms with Crippen molar-refractivity contribution in [3.63, 3.8) is 0 Å². The van der Waals surface area contributed by atoms with Gasteiger partial charge in [0.1, 0.15) is 0 Å². The Morgan fingerprint density at radius 3 is 1.97 bits per heavy atom. The first kappa shape index (κ1) is 19.3. The summed E-state index contributed by atoms with van der Waals surface area (Å²) in [6.07, 6.45) is 0.291. The molecule has 1 aromatic carbocycles. The molecule has 0 amide bonds. The molecule has 29 heavy (non-hydrogen) atoms. The van der Waals surface area contributed by atoms with Gasteiger partial charge in [0.15, 0.2) is 5.78 Å². The number of aromatic nitrogens is 1. The quantitative estimate of drug-likeness (QED) is 0.767. The number of aryl methyl sites for hydroxylation is 1. The molecular formula is C25H35N3O. The zero-order valence-corrected chi connectivity index (χ0v) is 18.8. The van der Waals surface area contributed by atoms with Crippen molar-refractivity contribution in [1.82, 2.24) is 14.4 Å². The van der Waals surface area contributed by atoms with Crippen LogP contribution in [0.4, 0.5) is 0 Å². The van der Waals surface area contributed by atoms with Crippen LogP contribution in [-0.4, -0.2) is 46.3 Å². The lowest BCUT2D eigenvalue weighted by Gasteiger charge is -2.68. The van der Waals surface area contributed by atoms with Crippen LogP contribution in [0, 0.1) is 29.6 Å². The van der Waals surface area contributed by atoms with Gasteiger partial charge in [0.25, 0.3) is 0 Å². The lowest BCUT2D eigenvalue weighted by Crippen LogP contribution is -2.78. The van der Waals surface area contributed by atoms with Crippen LogP contribution in [-0.2, 0) is 11.3 Å². The zero-order valence-electron chi connectivity index (χ0n) is 18.8. The smallest absolute Gasteiger partial charge is 0.150 e. The number of carbonyl (C=O) groups excluding carboxylic acids is 1. The summed E-state index contributed by atoms with van der Waals surface area (Å²) in [5.41, 5.74) is 3.76. The third kappa shape index (κ3) is 2.25. The fourth-order valence-electron chi connectivity index (χ4n) is 6.83. The molecule has 5 heterocycles. The summed E-state index contributed by atoms with van der Waals surface area (Å²) in [7, 11) is 0. The van der Waals surface area contributed by atoms with Crippen LogP contribution in [0.25, 0.3) is 10.9 Å².